The number of rotatable bonds is 4. The average molecular weight is 293 g/mol. The summed E-state index contributed by atoms with van der Waals surface area (Å²) < 4.78 is 7.62. The van der Waals surface area contributed by atoms with Crippen LogP contribution < -0.4 is 4.74 Å². The number of benzene rings is 1. The highest BCUT2D eigenvalue weighted by Crippen LogP contribution is 2.33. The minimum absolute atomic E-state index is 0.458. The molecule has 1 aliphatic rings. The van der Waals surface area contributed by atoms with Gasteiger partial charge in [0, 0.05) is 12.6 Å². The maximum atomic E-state index is 6.08. The van der Waals surface area contributed by atoms with Crippen molar-refractivity contribution in [3.05, 3.63) is 24.0 Å². The lowest BCUT2D eigenvalue weighted by molar-refractivity contribution is 0.414. The SMILES string of the molecule is COc1ccc2nc(CCl)n(CC3CCC(C)C3)c2c1. The van der Waals surface area contributed by atoms with E-state index in [1.165, 1.54) is 19.3 Å². The highest BCUT2D eigenvalue weighted by Gasteiger charge is 2.23. The van der Waals surface area contributed by atoms with Crippen LogP contribution in [0.2, 0.25) is 0 Å². The summed E-state index contributed by atoms with van der Waals surface area (Å²) in [5.41, 5.74) is 2.15. The zero-order valence-electron chi connectivity index (χ0n) is 12.1. The summed E-state index contributed by atoms with van der Waals surface area (Å²) in [7, 11) is 1.70. The van der Waals surface area contributed by atoms with Crippen LogP contribution in [0.4, 0.5) is 0 Å². The minimum atomic E-state index is 0.458. The largest absolute Gasteiger partial charge is 0.497 e. The van der Waals surface area contributed by atoms with Gasteiger partial charge in [-0.05, 0) is 36.8 Å². The summed E-state index contributed by atoms with van der Waals surface area (Å²) in [5, 5.41) is 0. The molecule has 4 heteroatoms. The third-order valence-electron chi connectivity index (χ3n) is 4.40. The monoisotopic (exact) mass is 292 g/mol. The molecule has 0 amide bonds. The van der Waals surface area contributed by atoms with E-state index in [2.05, 4.69) is 22.5 Å². The Balaban J connectivity index is 1.98. The molecule has 2 aromatic rings. The first-order valence-electron chi connectivity index (χ1n) is 7.30. The second-order valence-electron chi connectivity index (χ2n) is 5.91. The van der Waals surface area contributed by atoms with Gasteiger partial charge in [-0.15, -0.1) is 11.6 Å². The Bertz CT molecular complexity index is 608. The molecule has 3 nitrogen and oxygen atoms in total. The van der Waals surface area contributed by atoms with Crippen LogP contribution in [0.15, 0.2) is 18.2 Å². The van der Waals surface area contributed by atoms with Crippen molar-refractivity contribution in [1.82, 2.24) is 9.55 Å². The molecule has 0 saturated heterocycles. The Hall–Kier alpha value is -1.22. The van der Waals surface area contributed by atoms with E-state index in [4.69, 9.17) is 16.3 Å². The van der Waals surface area contributed by atoms with Crippen molar-refractivity contribution in [2.24, 2.45) is 11.8 Å². The molecule has 1 saturated carbocycles. The summed E-state index contributed by atoms with van der Waals surface area (Å²) in [5.74, 6) is 3.90. The molecule has 2 atom stereocenters. The topological polar surface area (TPSA) is 27.1 Å². The molecular formula is C16H21ClN2O. The van der Waals surface area contributed by atoms with Gasteiger partial charge in [-0.1, -0.05) is 13.3 Å². The summed E-state index contributed by atoms with van der Waals surface area (Å²) in [6, 6.07) is 6.03. The van der Waals surface area contributed by atoms with E-state index < -0.39 is 0 Å². The van der Waals surface area contributed by atoms with Crippen LogP contribution in [0, 0.1) is 11.8 Å². The van der Waals surface area contributed by atoms with E-state index in [0.29, 0.717) is 5.88 Å². The van der Waals surface area contributed by atoms with Crippen molar-refractivity contribution in [3.63, 3.8) is 0 Å². The van der Waals surface area contributed by atoms with Crippen molar-refractivity contribution in [2.75, 3.05) is 7.11 Å². The van der Waals surface area contributed by atoms with Crippen molar-refractivity contribution < 1.29 is 4.74 Å². The Kier molecular flexibility index (Phi) is 3.88. The van der Waals surface area contributed by atoms with Crippen LogP contribution in [-0.2, 0) is 12.4 Å². The molecule has 20 heavy (non-hydrogen) atoms. The Morgan fingerprint density at radius 2 is 2.25 bits per heavy atom. The Morgan fingerprint density at radius 1 is 1.40 bits per heavy atom. The van der Waals surface area contributed by atoms with E-state index >= 15 is 0 Å². The van der Waals surface area contributed by atoms with Gasteiger partial charge in [0.25, 0.3) is 0 Å². The molecule has 3 rings (SSSR count). The molecule has 0 radical (unpaired) electrons. The molecule has 0 N–H and O–H groups in total. The summed E-state index contributed by atoms with van der Waals surface area (Å²) in [6.07, 6.45) is 3.97. The lowest BCUT2D eigenvalue weighted by Gasteiger charge is -2.14. The molecule has 0 bridgehead atoms. The van der Waals surface area contributed by atoms with Crippen LogP contribution in [0.25, 0.3) is 11.0 Å². The van der Waals surface area contributed by atoms with Gasteiger partial charge in [0.15, 0.2) is 0 Å². The van der Waals surface area contributed by atoms with Crippen LogP contribution in [0.1, 0.15) is 32.0 Å². The molecular weight excluding hydrogens is 272 g/mol. The lowest BCUT2D eigenvalue weighted by atomic mass is 10.1. The van der Waals surface area contributed by atoms with E-state index in [0.717, 1.165) is 41.0 Å². The Morgan fingerprint density at radius 3 is 2.90 bits per heavy atom. The molecule has 1 fully saturated rings. The van der Waals surface area contributed by atoms with Crippen molar-refractivity contribution in [1.29, 1.82) is 0 Å². The van der Waals surface area contributed by atoms with Crippen LogP contribution in [-0.4, -0.2) is 16.7 Å². The molecule has 108 valence electrons. The number of ether oxygens (including phenoxy) is 1. The first-order valence-corrected chi connectivity index (χ1v) is 7.83. The fraction of sp³-hybridized carbons (Fsp3) is 0.562. The van der Waals surface area contributed by atoms with Gasteiger partial charge in [-0.2, -0.15) is 0 Å². The number of methoxy groups -OCH3 is 1. The molecule has 1 aliphatic carbocycles. The van der Waals surface area contributed by atoms with Gasteiger partial charge >= 0.3 is 0 Å². The smallest absolute Gasteiger partial charge is 0.124 e. The predicted molar refractivity (Wildman–Crippen MR) is 82.3 cm³/mol. The summed E-state index contributed by atoms with van der Waals surface area (Å²) in [6.45, 7) is 3.37. The van der Waals surface area contributed by atoms with Crippen LogP contribution in [0.3, 0.4) is 0 Å². The minimum Gasteiger partial charge on any atom is -0.497 e. The third-order valence-corrected chi connectivity index (χ3v) is 4.64. The first-order chi connectivity index (χ1) is 9.71. The molecule has 1 heterocycles. The fourth-order valence-corrected chi connectivity index (χ4v) is 3.54. The lowest BCUT2D eigenvalue weighted by Crippen LogP contribution is -2.10. The first kappa shape index (κ1) is 13.7. The van der Waals surface area contributed by atoms with Gasteiger partial charge in [0.05, 0.1) is 24.0 Å². The quantitative estimate of drug-likeness (QED) is 0.789. The maximum absolute atomic E-state index is 6.08. The molecule has 1 aromatic heterocycles. The zero-order valence-corrected chi connectivity index (χ0v) is 12.9. The molecule has 0 aliphatic heterocycles. The van der Waals surface area contributed by atoms with E-state index in [1.807, 2.05) is 12.1 Å². The Labute approximate surface area is 124 Å². The predicted octanol–water partition coefficient (Wildman–Crippen LogP) is 4.22. The third kappa shape index (κ3) is 2.51. The summed E-state index contributed by atoms with van der Waals surface area (Å²) >= 11 is 6.08. The number of aromatic nitrogens is 2. The highest BCUT2D eigenvalue weighted by molar-refractivity contribution is 6.16. The number of fused-ring (bicyclic) bond motifs is 1. The number of alkyl halides is 1. The van der Waals surface area contributed by atoms with E-state index in [1.54, 1.807) is 7.11 Å². The number of halogens is 1. The fourth-order valence-electron chi connectivity index (χ4n) is 3.33. The van der Waals surface area contributed by atoms with Crippen LogP contribution in [0.5, 0.6) is 5.75 Å². The van der Waals surface area contributed by atoms with Gasteiger partial charge in [0.2, 0.25) is 0 Å². The van der Waals surface area contributed by atoms with Crippen molar-refractivity contribution >= 4 is 22.6 Å². The zero-order chi connectivity index (χ0) is 14.1. The van der Waals surface area contributed by atoms with E-state index in [9.17, 15) is 0 Å². The van der Waals surface area contributed by atoms with Gasteiger partial charge in [-0.25, -0.2) is 4.98 Å². The van der Waals surface area contributed by atoms with Crippen molar-refractivity contribution in [3.8, 4) is 5.75 Å². The van der Waals surface area contributed by atoms with Crippen molar-refractivity contribution in [2.45, 2.75) is 38.6 Å². The second kappa shape index (κ2) is 5.65. The highest BCUT2D eigenvalue weighted by atomic mass is 35.5. The van der Waals surface area contributed by atoms with E-state index in [-0.39, 0.29) is 0 Å². The van der Waals surface area contributed by atoms with Gasteiger partial charge in [-0.3, -0.25) is 0 Å². The number of nitrogens with zero attached hydrogens (tertiary/aromatic N) is 2. The maximum Gasteiger partial charge on any atom is 0.124 e. The standard InChI is InChI=1S/C16H21ClN2O/c1-11-3-4-12(7-11)10-19-15-8-13(20-2)5-6-14(15)18-16(19)9-17/h5-6,8,11-12H,3-4,7,9-10H2,1-2H3. The number of hydrogen-bond donors (Lipinski definition) is 0. The number of hydrogen-bond acceptors (Lipinski definition) is 2. The van der Waals surface area contributed by atoms with Gasteiger partial charge in [0.1, 0.15) is 11.6 Å². The number of imidazole rings is 1. The summed E-state index contributed by atoms with van der Waals surface area (Å²) in [4.78, 5) is 4.64. The molecule has 1 aromatic carbocycles. The van der Waals surface area contributed by atoms with Gasteiger partial charge < -0.3 is 9.30 Å². The average Bonchev–Trinajstić information content (AvgIpc) is 3.03. The molecule has 2 unspecified atom stereocenters. The molecule has 0 spiro atoms. The van der Waals surface area contributed by atoms with Crippen LogP contribution >= 0.6 is 11.6 Å². The second-order valence-corrected chi connectivity index (χ2v) is 6.18. The normalized spacial score (nSPS) is 22.6.